The summed E-state index contributed by atoms with van der Waals surface area (Å²) in [6.45, 7) is 0.366. The number of benzene rings is 3. The van der Waals surface area contributed by atoms with Crippen molar-refractivity contribution in [1.29, 1.82) is 0 Å². The van der Waals surface area contributed by atoms with E-state index in [0.29, 0.717) is 27.6 Å². The zero-order valence-electron chi connectivity index (χ0n) is 20.9. The van der Waals surface area contributed by atoms with Crippen LogP contribution in [0, 0.1) is 0 Å². The third-order valence-electron chi connectivity index (χ3n) is 6.19. The van der Waals surface area contributed by atoms with Crippen LogP contribution in [0.15, 0.2) is 57.7 Å². The maximum Gasteiger partial charge on any atom is 0.338 e. The number of phenols is 1. The Morgan fingerprint density at radius 2 is 1.66 bits per heavy atom. The molecule has 0 radical (unpaired) electrons. The lowest BCUT2D eigenvalue weighted by Gasteiger charge is -2.21. The van der Waals surface area contributed by atoms with E-state index in [2.05, 4.69) is 0 Å². The largest absolute Gasteiger partial charge is 0.507 e. The Bertz CT molecular complexity index is 1590. The second kappa shape index (κ2) is 10.7. The first kappa shape index (κ1) is 26.4. The van der Waals surface area contributed by atoms with Crippen LogP contribution < -0.4 is 5.43 Å². The first-order valence-electron chi connectivity index (χ1n) is 11.6. The summed E-state index contributed by atoms with van der Waals surface area (Å²) in [6, 6.07) is 11.8. The average Bonchev–Trinajstić information content (AvgIpc) is 2.91. The number of aromatic hydroxyl groups is 1. The molecule has 1 heterocycles. The number of carboxylic acids is 1. The van der Waals surface area contributed by atoms with Gasteiger partial charge in [0.15, 0.2) is 5.43 Å². The van der Waals surface area contributed by atoms with Gasteiger partial charge in [0.25, 0.3) is 0 Å². The van der Waals surface area contributed by atoms with Crippen molar-refractivity contribution in [1.82, 2.24) is 4.90 Å². The summed E-state index contributed by atoms with van der Waals surface area (Å²) >= 11 is 0. The minimum Gasteiger partial charge on any atom is -0.507 e. The third kappa shape index (κ3) is 5.07. The summed E-state index contributed by atoms with van der Waals surface area (Å²) in [4.78, 5) is 50.0. The summed E-state index contributed by atoms with van der Waals surface area (Å²) in [5, 5.41) is 20.3. The summed E-state index contributed by atoms with van der Waals surface area (Å²) in [6.07, 6.45) is -0.0953. The highest BCUT2D eigenvalue weighted by atomic mass is 16.5. The van der Waals surface area contributed by atoms with Crippen molar-refractivity contribution >= 4 is 28.9 Å². The molecule has 0 fully saturated rings. The van der Waals surface area contributed by atoms with Crippen LogP contribution in [0.5, 0.6) is 5.75 Å². The molecule has 0 atom stereocenters. The Morgan fingerprint density at radius 3 is 2.34 bits per heavy atom. The fourth-order valence-corrected chi connectivity index (χ4v) is 4.34. The van der Waals surface area contributed by atoms with E-state index >= 15 is 0 Å². The number of aliphatic carboxylic acids is 1. The van der Waals surface area contributed by atoms with Gasteiger partial charge in [0.2, 0.25) is 0 Å². The molecule has 1 aliphatic carbocycles. The van der Waals surface area contributed by atoms with E-state index in [-0.39, 0.29) is 53.2 Å². The first-order chi connectivity index (χ1) is 18.1. The molecule has 0 aromatic heterocycles. The number of hydrogen-bond donors (Lipinski definition) is 2. The van der Waals surface area contributed by atoms with E-state index < -0.39 is 17.9 Å². The van der Waals surface area contributed by atoms with Gasteiger partial charge in [-0.25, -0.2) is 9.59 Å². The predicted molar refractivity (Wildman–Crippen MR) is 137 cm³/mol. The monoisotopic (exact) mass is 519 g/mol. The van der Waals surface area contributed by atoms with Crippen molar-refractivity contribution in [3.63, 3.8) is 0 Å². The van der Waals surface area contributed by atoms with Crippen LogP contribution in [0.4, 0.5) is 0 Å². The van der Waals surface area contributed by atoms with Gasteiger partial charge in [-0.1, -0.05) is 6.07 Å². The van der Waals surface area contributed by atoms with Crippen LogP contribution in [0.3, 0.4) is 0 Å². The molecule has 10 heteroatoms. The molecule has 0 bridgehead atoms. The Morgan fingerprint density at radius 1 is 0.947 bits per heavy atom. The number of carboxylic acid groups (broad SMARTS) is 1. The Labute approximate surface area is 217 Å². The van der Waals surface area contributed by atoms with Crippen molar-refractivity contribution in [3.8, 4) is 28.2 Å². The highest BCUT2D eigenvalue weighted by Crippen LogP contribution is 2.44. The van der Waals surface area contributed by atoms with E-state index in [1.165, 1.54) is 44.6 Å². The lowest BCUT2D eigenvalue weighted by Crippen LogP contribution is -2.21. The van der Waals surface area contributed by atoms with Crippen molar-refractivity contribution < 1.29 is 38.5 Å². The zero-order chi connectivity index (χ0) is 27.6. The third-order valence-corrected chi connectivity index (χ3v) is 6.19. The number of fused-ring (bicyclic) bond motifs is 2. The van der Waals surface area contributed by atoms with Crippen molar-refractivity contribution in [3.05, 3.63) is 75.4 Å². The topological polar surface area (TPSA) is 144 Å². The lowest BCUT2D eigenvalue weighted by molar-refractivity contribution is -0.137. The van der Waals surface area contributed by atoms with Gasteiger partial charge in [0.1, 0.15) is 17.1 Å². The lowest BCUT2D eigenvalue weighted by atomic mass is 9.89. The Balaban J connectivity index is 2.04. The minimum absolute atomic E-state index is 0.0822. The number of phenolic OH excluding ortho intramolecular Hbond substituents is 1. The van der Waals surface area contributed by atoms with Gasteiger partial charge < -0.3 is 29.0 Å². The van der Waals surface area contributed by atoms with Crippen molar-refractivity contribution in [2.45, 2.75) is 13.0 Å². The van der Waals surface area contributed by atoms with Crippen LogP contribution in [0.25, 0.3) is 33.4 Å². The number of ether oxygens (including phenoxy) is 2. The minimum atomic E-state index is -0.953. The molecular formula is C28H25NO9. The summed E-state index contributed by atoms with van der Waals surface area (Å²) in [7, 11) is 4.16. The summed E-state index contributed by atoms with van der Waals surface area (Å²) in [5.41, 5.74) is 2.01. The maximum absolute atomic E-state index is 12.8. The highest BCUT2D eigenvalue weighted by molar-refractivity contribution is 6.09. The number of carbonyl (C=O) groups excluding carboxylic acids is 2. The SMILES string of the molecule is COC(=O)c1ccc(-c2c3ccc(=O)cc-3oc3c(CN(C)CCC(=O)O)c(O)ccc23)c(C(=O)OC)c1. The predicted octanol–water partition coefficient (Wildman–Crippen LogP) is 3.75. The molecule has 10 nitrogen and oxygen atoms in total. The maximum atomic E-state index is 12.8. The zero-order valence-corrected chi connectivity index (χ0v) is 20.9. The number of rotatable bonds is 8. The second-order valence-corrected chi connectivity index (χ2v) is 8.70. The number of nitrogens with zero attached hydrogens (tertiary/aromatic N) is 1. The first-order valence-corrected chi connectivity index (χ1v) is 11.6. The molecule has 2 aromatic rings. The van der Waals surface area contributed by atoms with Gasteiger partial charge in [-0.15, -0.1) is 0 Å². The molecule has 0 saturated carbocycles. The van der Waals surface area contributed by atoms with Crippen molar-refractivity contribution in [2.24, 2.45) is 0 Å². The van der Waals surface area contributed by atoms with Crippen LogP contribution >= 0.6 is 0 Å². The van der Waals surface area contributed by atoms with Gasteiger partial charge in [-0.2, -0.15) is 0 Å². The van der Waals surface area contributed by atoms with Crippen LogP contribution in [-0.2, 0) is 20.8 Å². The van der Waals surface area contributed by atoms with E-state index in [0.717, 1.165) is 0 Å². The molecule has 2 aliphatic rings. The Kier molecular flexibility index (Phi) is 7.45. The average molecular weight is 520 g/mol. The van der Waals surface area contributed by atoms with Gasteiger partial charge >= 0.3 is 17.9 Å². The van der Waals surface area contributed by atoms with Crippen LogP contribution in [0.2, 0.25) is 0 Å². The molecule has 0 saturated heterocycles. The van der Waals surface area contributed by atoms with E-state index in [4.69, 9.17) is 19.0 Å². The number of carbonyl (C=O) groups is 3. The van der Waals surface area contributed by atoms with E-state index in [9.17, 15) is 24.3 Å². The molecule has 196 valence electrons. The van der Waals surface area contributed by atoms with E-state index in [1.54, 1.807) is 30.1 Å². The van der Waals surface area contributed by atoms with Gasteiger partial charge in [-0.3, -0.25) is 9.59 Å². The molecule has 1 aliphatic heterocycles. The summed E-state index contributed by atoms with van der Waals surface area (Å²) in [5.74, 6) is -2.15. The summed E-state index contributed by atoms with van der Waals surface area (Å²) < 4.78 is 15.9. The number of esters is 2. The molecule has 4 rings (SSSR count). The number of hydrogen-bond acceptors (Lipinski definition) is 9. The fraction of sp³-hybridized carbons (Fsp3) is 0.214. The van der Waals surface area contributed by atoms with E-state index in [1.807, 2.05) is 0 Å². The molecule has 2 N–H and O–H groups in total. The molecule has 38 heavy (non-hydrogen) atoms. The molecule has 0 unspecified atom stereocenters. The molecular weight excluding hydrogens is 494 g/mol. The van der Waals surface area contributed by atoms with Gasteiger partial charge in [-0.05, 0) is 49.0 Å². The van der Waals surface area contributed by atoms with Crippen molar-refractivity contribution in [2.75, 3.05) is 27.8 Å². The molecule has 2 aromatic carbocycles. The highest BCUT2D eigenvalue weighted by Gasteiger charge is 2.25. The van der Waals surface area contributed by atoms with Crippen LogP contribution in [0.1, 0.15) is 32.7 Å². The normalized spacial score (nSPS) is 11.2. The number of methoxy groups -OCH3 is 2. The molecule has 0 amide bonds. The second-order valence-electron chi connectivity index (χ2n) is 8.70. The fourth-order valence-electron chi connectivity index (χ4n) is 4.34. The standard InChI is InChI=1S/C28H25NO9/c1-29(11-10-24(32)33)14-21-22(31)9-8-19-25(18-7-5-16(30)13-23(18)38-26(19)21)17-6-4-15(27(34)36-2)12-20(17)28(35)37-3/h4-9,12-13,31H,10-11,14H2,1-3H3,(H,32,33). The molecule has 0 spiro atoms. The Hall–Kier alpha value is -4.70. The smallest absolute Gasteiger partial charge is 0.338 e. The van der Waals surface area contributed by atoms with Gasteiger partial charge in [0.05, 0.1) is 37.3 Å². The van der Waals surface area contributed by atoms with Gasteiger partial charge in [0, 0.05) is 35.7 Å². The quantitative estimate of drug-likeness (QED) is 0.261. The van der Waals surface area contributed by atoms with Crippen LogP contribution in [-0.4, -0.2) is 60.8 Å².